The van der Waals surface area contributed by atoms with Crippen LogP contribution < -0.4 is 0 Å². The van der Waals surface area contributed by atoms with Gasteiger partial charge in [-0.15, -0.1) is 0 Å². The van der Waals surface area contributed by atoms with Crippen LogP contribution in [0.2, 0.25) is 0 Å². The van der Waals surface area contributed by atoms with Gasteiger partial charge in [0.1, 0.15) is 0 Å². The van der Waals surface area contributed by atoms with Gasteiger partial charge in [0.15, 0.2) is 0 Å². The van der Waals surface area contributed by atoms with E-state index in [1.807, 2.05) is 0 Å². The Morgan fingerprint density at radius 2 is 1.17 bits per heavy atom. The molecule has 0 amide bonds. The minimum absolute atomic E-state index is 0. The summed E-state index contributed by atoms with van der Waals surface area (Å²) in [5, 5.41) is 0. The van der Waals surface area contributed by atoms with Gasteiger partial charge in [-0.1, -0.05) is 39.5 Å². The molecule has 0 aromatic carbocycles. The summed E-state index contributed by atoms with van der Waals surface area (Å²) in [7, 11) is 0. The van der Waals surface area contributed by atoms with Gasteiger partial charge in [0.05, 0.1) is 0 Å². The molecule has 12 heavy (non-hydrogen) atoms. The topological polar surface area (TPSA) is 9.23 Å². The fourth-order valence-electron chi connectivity index (χ4n) is 1.01. The SMILES string of the molecule is CCCCCOCCCCC.[Ti]. The minimum Gasteiger partial charge on any atom is -0.381 e. The van der Waals surface area contributed by atoms with E-state index in [0.29, 0.717) is 0 Å². The molecular weight excluding hydrogens is 184 g/mol. The van der Waals surface area contributed by atoms with Gasteiger partial charge in [0.2, 0.25) is 0 Å². The van der Waals surface area contributed by atoms with Gasteiger partial charge in [-0.25, -0.2) is 0 Å². The van der Waals surface area contributed by atoms with Crippen molar-refractivity contribution in [3.8, 4) is 0 Å². The Kier molecular flexibility index (Phi) is 18.0. The molecule has 0 radical (unpaired) electrons. The molecule has 0 saturated carbocycles. The van der Waals surface area contributed by atoms with Gasteiger partial charge in [0, 0.05) is 34.9 Å². The monoisotopic (exact) mass is 206 g/mol. The molecule has 0 bridgehead atoms. The van der Waals surface area contributed by atoms with Gasteiger partial charge in [0.25, 0.3) is 0 Å². The number of ether oxygens (including phenoxy) is 1. The number of hydrogen-bond acceptors (Lipinski definition) is 1. The summed E-state index contributed by atoms with van der Waals surface area (Å²) in [5.41, 5.74) is 0. The summed E-state index contributed by atoms with van der Waals surface area (Å²) in [6.45, 7) is 6.38. The Labute approximate surface area is 92.1 Å². The Bertz CT molecular complexity index is 58.9. The van der Waals surface area contributed by atoms with Gasteiger partial charge in [-0.05, 0) is 12.8 Å². The average molecular weight is 206 g/mol. The van der Waals surface area contributed by atoms with Crippen molar-refractivity contribution >= 4 is 0 Å². The molecule has 0 fully saturated rings. The van der Waals surface area contributed by atoms with Crippen molar-refractivity contribution in [2.75, 3.05) is 13.2 Å². The second kappa shape index (κ2) is 14.2. The second-order valence-corrected chi connectivity index (χ2v) is 3.03. The van der Waals surface area contributed by atoms with E-state index >= 15 is 0 Å². The van der Waals surface area contributed by atoms with Gasteiger partial charge >= 0.3 is 0 Å². The van der Waals surface area contributed by atoms with Crippen LogP contribution in [0.4, 0.5) is 0 Å². The van der Waals surface area contributed by atoms with Crippen LogP contribution in [0.3, 0.4) is 0 Å². The first-order chi connectivity index (χ1) is 5.41. The van der Waals surface area contributed by atoms with Crippen molar-refractivity contribution in [2.24, 2.45) is 0 Å². The van der Waals surface area contributed by atoms with Gasteiger partial charge in [-0.2, -0.15) is 0 Å². The summed E-state index contributed by atoms with van der Waals surface area (Å²) in [5.74, 6) is 0. The molecule has 1 nitrogen and oxygen atoms in total. The first kappa shape index (κ1) is 15.2. The van der Waals surface area contributed by atoms with Crippen LogP contribution in [0.5, 0.6) is 0 Å². The second-order valence-electron chi connectivity index (χ2n) is 3.03. The van der Waals surface area contributed by atoms with E-state index in [4.69, 9.17) is 4.74 Å². The molecule has 0 aromatic rings. The fourth-order valence-corrected chi connectivity index (χ4v) is 1.01. The summed E-state index contributed by atoms with van der Waals surface area (Å²) < 4.78 is 5.44. The molecular formula is C10H22OTi. The van der Waals surface area contributed by atoms with Gasteiger partial charge < -0.3 is 4.74 Å². The first-order valence-electron chi connectivity index (χ1n) is 4.99. The average Bonchev–Trinajstić information content (AvgIpc) is 2.03. The van der Waals surface area contributed by atoms with Crippen molar-refractivity contribution < 1.29 is 26.5 Å². The number of unbranched alkanes of at least 4 members (excludes halogenated alkanes) is 4. The third kappa shape index (κ3) is 13.3. The van der Waals surface area contributed by atoms with Crippen molar-refractivity contribution in [3.05, 3.63) is 0 Å². The van der Waals surface area contributed by atoms with Crippen LogP contribution in [0.15, 0.2) is 0 Å². The zero-order valence-corrected chi connectivity index (χ0v) is 10.1. The Balaban J connectivity index is 0. The largest absolute Gasteiger partial charge is 0.381 e. The molecule has 0 aliphatic heterocycles. The summed E-state index contributed by atoms with van der Waals surface area (Å²) in [6, 6.07) is 0. The van der Waals surface area contributed by atoms with Crippen molar-refractivity contribution in [2.45, 2.75) is 52.4 Å². The predicted molar refractivity (Wildman–Crippen MR) is 49.9 cm³/mol. The van der Waals surface area contributed by atoms with Crippen LogP contribution in [-0.4, -0.2) is 13.2 Å². The molecule has 0 heterocycles. The van der Waals surface area contributed by atoms with Crippen LogP contribution in [0, 0.1) is 0 Å². The van der Waals surface area contributed by atoms with Crippen LogP contribution in [0.1, 0.15) is 52.4 Å². The summed E-state index contributed by atoms with van der Waals surface area (Å²) in [4.78, 5) is 0. The zero-order valence-electron chi connectivity index (χ0n) is 8.57. The van der Waals surface area contributed by atoms with Crippen molar-refractivity contribution in [1.29, 1.82) is 0 Å². The molecule has 0 saturated heterocycles. The molecule has 0 rings (SSSR count). The summed E-state index contributed by atoms with van der Waals surface area (Å²) in [6.07, 6.45) is 7.68. The molecule has 72 valence electrons. The third-order valence-corrected chi connectivity index (χ3v) is 1.78. The van der Waals surface area contributed by atoms with E-state index in [9.17, 15) is 0 Å². The van der Waals surface area contributed by atoms with E-state index < -0.39 is 0 Å². The minimum atomic E-state index is 0. The Morgan fingerprint density at radius 3 is 1.50 bits per heavy atom. The van der Waals surface area contributed by atoms with E-state index in [1.165, 1.54) is 38.5 Å². The van der Waals surface area contributed by atoms with E-state index in [2.05, 4.69) is 13.8 Å². The maximum atomic E-state index is 5.44. The molecule has 0 spiro atoms. The predicted octanol–water partition coefficient (Wildman–Crippen LogP) is 3.38. The number of hydrogen-bond donors (Lipinski definition) is 0. The Hall–Kier alpha value is 0.674. The van der Waals surface area contributed by atoms with E-state index in [1.54, 1.807) is 0 Å². The fraction of sp³-hybridized carbons (Fsp3) is 1.00. The van der Waals surface area contributed by atoms with Crippen molar-refractivity contribution in [3.63, 3.8) is 0 Å². The third-order valence-electron chi connectivity index (χ3n) is 1.78. The Morgan fingerprint density at radius 1 is 0.750 bits per heavy atom. The standard InChI is InChI=1S/C10H22O.Ti/c1-3-5-7-9-11-10-8-6-4-2;/h3-10H2,1-2H3;. The molecule has 0 aromatic heterocycles. The number of rotatable bonds is 8. The van der Waals surface area contributed by atoms with Crippen LogP contribution >= 0.6 is 0 Å². The molecule has 2 heteroatoms. The van der Waals surface area contributed by atoms with E-state index in [-0.39, 0.29) is 21.7 Å². The molecule has 0 aliphatic rings. The van der Waals surface area contributed by atoms with Crippen molar-refractivity contribution in [1.82, 2.24) is 0 Å². The maximum Gasteiger partial charge on any atom is 0.0466 e. The molecule has 0 aliphatic carbocycles. The first-order valence-corrected chi connectivity index (χ1v) is 4.99. The van der Waals surface area contributed by atoms with Gasteiger partial charge in [-0.3, -0.25) is 0 Å². The van der Waals surface area contributed by atoms with Crippen LogP contribution in [0.25, 0.3) is 0 Å². The van der Waals surface area contributed by atoms with E-state index in [0.717, 1.165) is 13.2 Å². The zero-order chi connectivity index (χ0) is 8.36. The maximum absolute atomic E-state index is 5.44. The normalized spacial score (nSPS) is 9.50. The molecule has 0 unspecified atom stereocenters. The summed E-state index contributed by atoms with van der Waals surface area (Å²) >= 11 is 0. The smallest absolute Gasteiger partial charge is 0.0466 e. The molecule has 0 N–H and O–H groups in total. The molecule has 0 atom stereocenters. The quantitative estimate of drug-likeness (QED) is 0.437. The van der Waals surface area contributed by atoms with Crippen LogP contribution in [-0.2, 0) is 26.5 Å².